The number of nitrogens with zero attached hydrogens (tertiary/aromatic N) is 3. The summed E-state index contributed by atoms with van der Waals surface area (Å²) in [5, 5.41) is 11.1. The van der Waals surface area contributed by atoms with Crippen LogP contribution in [0.25, 0.3) is 0 Å². The number of nitro benzene ring substituents is 1. The number of likely N-dealkylation sites (N-methyl/N-ethyl adjacent to an activating group) is 1. The second kappa shape index (κ2) is 6.84. The number of hydrazine groups is 1. The van der Waals surface area contributed by atoms with E-state index >= 15 is 0 Å². The molecule has 7 nitrogen and oxygen atoms in total. The number of benzene rings is 1. The van der Waals surface area contributed by atoms with Gasteiger partial charge in [-0.3, -0.25) is 20.9 Å². The number of nitro groups is 1. The van der Waals surface area contributed by atoms with E-state index in [1.165, 1.54) is 12.8 Å². The Morgan fingerprint density at radius 2 is 2.29 bits per heavy atom. The van der Waals surface area contributed by atoms with Crippen LogP contribution in [0.3, 0.4) is 0 Å². The molecular weight excluding hydrogens is 270 g/mol. The number of likely N-dealkylation sites (tertiary alicyclic amines) is 1. The maximum atomic E-state index is 11.1. The molecule has 1 fully saturated rings. The summed E-state index contributed by atoms with van der Waals surface area (Å²) in [6.45, 7) is 2.80. The maximum absolute atomic E-state index is 11.1. The highest BCUT2D eigenvalue weighted by atomic mass is 16.6. The lowest BCUT2D eigenvalue weighted by molar-refractivity contribution is -0.384. The third-order valence-corrected chi connectivity index (χ3v) is 3.87. The molecule has 1 aliphatic heterocycles. The Balaban J connectivity index is 2.12. The van der Waals surface area contributed by atoms with Gasteiger partial charge in [0.05, 0.1) is 4.92 Å². The van der Waals surface area contributed by atoms with Gasteiger partial charge in [0.25, 0.3) is 5.69 Å². The molecule has 0 amide bonds. The van der Waals surface area contributed by atoms with Crippen molar-refractivity contribution in [2.75, 3.05) is 32.6 Å². The molecule has 7 heteroatoms. The Kier molecular flexibility index (Phi) is 5.11. The minimum absolute atomic E-state index is 0.0263. The fourth-order valence-corrected chi connectivity index (χ4v) is 2.91. The number of nitrogen functional groups attached to an aromatic ring is 1. The summed E-state index contributed by atoms with van der Waals surface area (Å²) in [6.07, 6.45) is 2.37. The Morgan fingerprint density at radius 3 is 2.90 bits per heavy atom. The van der Waals surface area contributed by atoms with Crippen LogP contribution in [0.2, 0.25) is 0 Å². The second-order valence-electron chi connectivity index (χ2n) is 5.78. The van der Waals surface area contributed by atoms with Crippen LogP contribution in [0.5, 0.6) is 0 Å². The van der Waals surface area contributed by atoms with E-state index in [-0.39, 0.29) is 5.69 Å². The van der Waals surface area contributed by atoms with Gasteiger partial charge in [-0.2, -0.15) is 0 Å². The normalized spacial score (nSPS) is 19.1. The minimum Gasteiger partial charge on any atom is -0.318 e. The zero-order valence-electron chi connectivity index (χ0n) is 12.6. The van der Waals surface area contributed by atoms with Crippen molar-refractivity contribution in [3.8, 4) is 0 Å². The molecule has 116 valence electrons. The third-order valence-electron chi connectivity index (χ3n) is 3.87. The van der Waals surface area contributed by atoms with E-state index in [1.807, 2.05) is 6.07 Å². The Morgan fingerprint density at radius 1 is 1.52 bits per heavy atom. The summed E-state index contributed by atoms with van der Waals surface area (Å²) >= 11 is 0. The van der Waals surface area contributed by atoms with Gasteiger partial charge in [0.15, 0.2) is 0 Å². The van der Waals surface area contributed by atoms with Crippen molar-refractivity contribution in [3.63, 3.8) is 0 Å². The number of rotatable bonds is 6. The fourth-order valence-electron chi connectivity index (χ4n) is 2.91. The average molecular weight is 293 g/mol. The molecular formula is C14H23N5O2. The van der Waals surface area contributed by atoms with Crippen LogP contribution < -0.4 is 11.3 Å². The van der Waals surface area contributed by atoms with Gasteiger partial charge in [0, 0.05) is 25.2 Å². The number of hydrogen-bond donors (Lipinski definition) is 2. The van der Waals surface area contributed by atoms with Crippen LogP contribution in [0.15, 0.2) is 18.2 Å². The fraction of sp³-hybridized carbons (Fsp3) is 0.571. The molecule has 1 aromatic rings. The van der Waals surface area contributed by atoms with E-state index in [4.69, 9.17) is 5.84 Å². The Bertz CT molecular complexity index is 506. The third kappa shape index (κ3) is 3.90. The first-order chi connectivity index (χ1) is 10.0. The lowest BCUT2D eigenvalue weighted by Gasteiger charge is -2.27. The molecule has 1 saturated heterocycles. The smallest absolute Gasteiger partial charge is 0.293 e. The topological polar surface area (TPSA) is 87.7 Å². The van der Waals surface area contributed by atoms with E-state index in [0.29, 0.717) is 11.7 Å². The summed E-state index contributed by atoms with van der Waals surface area (Å²) in [5.74, 6) is 5.31. The predicted molar refractivity (Wildman–Crippen MR) is 82.9 cm³/mol. The molecule has 1 unspecified atom stereocenters. The molecule has 0 radical (unpaired) electrons. The average Bonchev–Trinajstić information content (AvgIpc) is 2.85. The van der Waals surface area contributed by atoms with E-state index < -0.39 is 4.92 Å². The summed E-state index contributed by atoms with van der Waals surface area (Å²) in [4.78, 5) is 15.3. The molecule has 3 N–H and O–H groups in total. The standard InChI is InChI=1S/C14H23N5O2/c1-17(2)10-12-4-3-7-18(12)9-11-5-6-13(16-15)14(8-11)19(20)21/h5-6,8,12,16H,3-4,7,9-10,15H2,1-2H3. The van der Waals surface area contributed by atoms with Gasteiger partial charge in [0.2, 0.25) is 0 Å². The lowest BCUT2D eigenvalue weighted by atomic mass is 10.1. The number of nitrogens with two attached hydrogens (primary N) is 1. The number of anilines is 1. The number of nitrogens with one attached hydrogen (secondary N) is 1. The van der Waals surface area contributed by atoms with Crippen molar-refractivity contribution < 1.29 is 4.92 Å². The molecule has 0 aliphatic carbocycles. The van der Waals surface area contributed by atoms with Crippen LogP contribution in [0, 0.1) is 10.1 Å². The van der Waals surface area contributed by atoms with Gasteiger partial charge in [-0.15, -0.1) is 0 Å². The monoisotopic (exact) mass is 293 g/mol. The molecule has 1 heterocycles. The highest BCUT2D eigenvalue weighted by molar-refractivity contribution is 5.61. The maximum Gasteiger partial charge on any atom is 0.293 e. The molecule has 0 saturated carbocycles. The predicted octanol–water partition coefficient (Wildman–Crippen LogP) is 1.41. The molecule has 0 spiro atoms. The quantitative estimate of drug-likeness (QED) is 0.468. The first kappa shape index (κ1) is 15.7. The highest BCUT2D eigenvalue weighted by Crippen LogP contribution is 2.27. The molecule has 2 rings (SSSR count). The second-order valence-corrected chi connectivity index (χ2v) is 5.78. The van der Waals surface area contributed by atoms with Crippen molar-refractivity contribution in [2.24, 2.45) is 5.84 Å². The zero-order valence-corrected chi connectivity index (χ0v) is 12.6. The van der Waals surface area contributed by atoms with Gasteiger partial charge in [-0.05, 0) is 45.1 Å². The van der Waals surface area contributed by atoms with Crippen LogP contribution in [0.4, 0.5) is 11.4 Å². The molecule has 1 atom stereocenters. The van der Waals surface area contributed by atoms with Crippen molar-refractivity contribution in [1.29, 1.82) is 0 Å². The van der Waals surface area contributed by atoms with Gasteiger partial charge >= 0.3 is 0 Å². The number of hydrogen-bond acceptors (Lipinski definition) is 6. The minimum atomic E-state index is -0.403. The largest absolute Gasteiger partial charge is 0.318 e. The van der Waals surface area contributed by atoms with Gasteiger partial charge in [-0.1, -0.05) is 6.07 Å². The molecule has 0 bridgehead atoms. The van der Waals surface area contributed by atoms with E-state index in [1.54, 1.807) is 12.1 Å². The Hall–Kier alpha value is -1.70. The van der Waals surface area contributed by atoms with Crippen molar-refractivity contribution >= 4 is 11.4 Å². The van der Waals surface area contributed by atoms with Gasteiger partial charge < -0.3 is 10.3 Å². The molecule has 21 heavy (non-hydrogen) atoms. The summed E-state index contributed by atoms with van der Waals surface area (Å²) in [7, 11) is 4.14. The van der Waals surface area contributed by atoms with Crippen LogP contribution in [-0.4, -0.2) is 47.9 Å². The molecule has 0 aromatic heterocycles. The Labute approximate surface area is 124 Å². The summed E-state index contributed by atoms with van der Waals surface area (Å²) < 4.78 is 0. The van der Waals surface area contributed by atoms with Crippen molar-refractivity contribution in [2.45, 2.75) is 25.4 Å². The first-order valence-corrected chi connectivity index (χ1v) is 7.14. The van der Waals surface area contributed by atoms with E-state index in [2.05, 4.69) is 29.3 Å². The van der Waals surface area contributed by atoms with E-state index in [0.717, 1.165) is 25.2 Å². The van der Waals surface area contributed by atoms with E-state index in [9.17, 15) is 10.1 Å². The zero-order chi connectivity index (χ0) is 15.4. The van der Waals surface area contributed by atoms with Gasteiger partial charge in [-0.25, -0.2) is 0 Å². The highest BCUT2D eigenvalue weighted by Gasteiger charge is 2.25. The lowest BCUT2D eigenvalue weighted by Crippen LogP contribution is -2.37. The summed E-state index contributed by atoms with van der Waals surface area (Å²) in [5.41, 5.74) is 3.69. The van der Waals surface area contributed by atoms with Crippen molar-refractivity contribution in [3.05, 3.63) is 33.9 Å². The summed E-state index contributed by atoms with van der Waals surface area (Å²) in [6, 6.07) is 5.70. The molecule has 1 aliphatic rings. The van der Waals surface area contributed by atoms with Crippen LogP contribution in [0.1, 0.15) is 18.4 Å². The first-order valence-electron chi connectivity index (χ1n) is 7.14. The molecule has 1 aromatic carbocycles. The van der Waals surface area contributed by atoms with Crippen molar-refractivity contribution in [1.82, 2.24) is 9.80 Å². The SMILES string of the molecule is CN(C)CC1CCCN1Cc1ccc(NN)c([N+](=O)[O-])c1. The van der Waals surface area contributed by atoms with Crippen LogP contribution >= 0.6 is 0 Å². The van der Waals surface area contributed by atoms with Gasteiger partial charge in [0.1, 0.15) is 5.69 Å². The van der Waals surface area contributed by atoms with Crippen LogP contribution in [-0.2, 0) is 6.54 Å².